The Morgan fingerprint density at radius 2 is 2.21 bits per heavy atom. The van der Waals surface area contributed by atoms with E-state index in [1.54, 1.807) is 11.9 Å². The fraction of sp³-hybridized carbons (Fsp3) is 0.417. The molecule has 7 nitrogen and oxygen atoms in total. The van der Waals surface area contributed by atoms with Gasteiger partial charge in [-0.1, -0.05) is 13.0 Å². The van der Waals surface area contributed by atoms with Crippen molar-refractivity contribution in [3.05, 3.63) is 33.9 Å². The van der Waals surface area contributed by atoms with Gasteiger partial charge in [0.15, 0.2) is 0 Å². The Hall–Kier alpha value is -2.15. The third-order valence-corrected chi connectivity index (χ3v) is 3.19. The van der Waals surface area contributed by atoms with Crippen LogP contribution in [0.1, 0.15) is 30.6 Å². The predicted molar refractivity (Wildman–Crippen MR) is 72.8 cm³/mol. The van der Waals surface area contributed by atoms with Crippen LogP contribution in [-0.2, 0) is 0 Å². The molecule has 0 saturated heterocycles. The van der Waals surface area contributed by atoms with E-state index in [0.717, 1.165) is 6.42 Å². The van der Waals surface area contributed by atoms with Crippen molar-refractivity contribution in [3.8, 4) is 0 Å². The van der Waals surface area contributed by atoms with Gasteiger partial charge >= 0.3 is 0 Å². The molecule has 0 heterocycles. The van der Waals surface area contributed by atoms with Crippen molar-refractivity contribution in [2.75, 3.05) is 12.5 Å². The number of nitro benzene ring substituents is 1. The van der Waals surface area contributed by atoms with Crippen molar-refractivity contribution in [1.82, 2.24) is 4.90 Å². The third-order valence-electron chi connectivity index (χ3n) is 3.19. The molecule has 7 heteroatoms. The number of hydrogen-bond donors (Lipinski definition) is 2. The Balaban J connectivity index is 3.24. The number of nitrogen functional groups attached to an aromatic ring is 1. The zero-order valence-corrected chi connectivity index (χ0v) is 11.2. The highest BCUT2D eigenvalue weighted by atomic mass is 16.6. The predicted octanol–water partition coefficient (Wildman–Crippen LogP) is 1.75. The Kier molecular flexibility index (Phi) is 4.82. The van der Waals surface area contributed by atoms with Crippen LogP contribution < -0.4 is 11.3 Å². The summed E-state index contributed by atoms with van der Waals surface area (Å²) in [6.07, 6.45) is 0.794. The molecule has 0 aliphatic carbocycles. The summed E-state index contributed by atoms with van der Waals surface area (Å²) in [6.45, 7) is 3.87. The summed E-state index contributed by atoms with van der Waals surface area (Å²) < 4.78 is 0. The molecule has 0 bridgehead atoms. The van der Waals surface area contributed by atoms with E-state index < -0.39 is 4.92 Å². The molecule has 1 atom stereocenters. The summed E-state index contributed by atoms with van der Waals surface area (Å²) in [7, 11) is 1.66. The fourth-order valence-electron chi connectivity index (χ4n) is 1.69. The van der Waals surface area contributed by atoms with Gasteiger partial charge in [0.25, 0.3) is 11.6 Å². The lowest BCUT2D eigenvalue weighted by molar-refractivity contribution is -0.384. The Labute approximate surface area is 111 Å². The quantitative estimate of drug-likeness (QED) is 0.480. The molecule has 0 aromatic heterocycles. The lowest BCUT2D eigenvalue weighted by atomic mass is 10.1. The Bertz CT molecular complexity index is 490. The minimum absolute atomic E-state index is 0.0349. The summed E-state index contributed by atoms with van der Waals surface area (Å²) in [5.41, 5.74) is 2.26. The van der Waals surface area contributed by atoms with Crippen LogP contribution in [0.2, 0.25) is 0 Å². The molecular weight excluding hydrogens is 248 g/mol. The molecule has 1 aromatic rings. The van der Waals surface area contributed by atoms with Crippen molar-refractivity contribution in [3.63, 3.8) is 0 Å². The van der Waals surface area contributed by atoms with E-state index in [0.29, 0.717) is 0 Å². The second-order valence-corrected chi connectivity index (χ2v) is 4.27. The molecule has 3 N–H and O–H groups in total. The van der Waals surface area contributed by atoms with Crippen LogP contribution in [0.15, 0.2) is 18.2 Å². The van der Waals surface area contributed by atoms with Crippen molar-refractivity contribution in [1.29, 1.82) is 0 Å². The van der Waals surface area contributed by atoms with Crippen LogP contribution in [0.3, 0.4) is 0 Å². The number of rotatable bonds is 5. The van der Waals surface area contributed by atoms with Crippen LogP contribution in [0.25, 0.3) is 0 Å². The monoisotopic (exact) mass is 266 g/mol. The first-order valence-electron chi connectivity index (χ1n) is 5.95. The summed E-state index contributed by atoms with van der Waals surface area (Å²) in [4.78, 5) is 24.2. The molecular formula is C12H18N4O3. The van der Waals surface area contributed by atoms with Crippen molar-refractivity contribution >= 4 is 17.3 Å². The lowest BCUT2D eigenvalue weighted by Crippen LogP contribution is -2.35. The van der Waals surface area contributed by atoms with Crippen molar-refractivity contribution in [2.24, 2.45) is 5.84 Å². The van der Waals surface area contributed by atoms with E-state index in [-0.39, 0.29) is 28.9 Å². The summed E-state index contributed by atoms with van der Waals surface area (Å²) in [6, 6.07) is 4.33. The van der Waals surface area contributed by atoms with Gasteiger partial charge in [0.2, 0.25) is 0 Å². The summed E-state index contributed by atoms with van der Waals surface area (Å²) in [5, 5.41) is 10.9. The van der Waals surface area contributed by atoms with E-state index in [1.807, 2.05) is 13.8 Å². The Morgan fingerprint density at radius 1 is 1.58 bits per heavy atom. The topological polar surface area (TPSA) is 102 Å². The first-order valence-corrected chi connectivity index (χ1v) is 5.95. The van der Waals surface area contributed by atoms with Gasteiger partial charge in [0.05, 0.1) is 10.5 Å². The number of nitrogens with zero attached hydrogens (tertiary/aromatic N) is 2. The maximum Gasteiger partial charge on any atom is 0.294 e. The van der Waals surface area contributed by atoms with Crippen molar-refractivity contribution < 1.29 is 9.72 Å². The molecule has 1 rings (SSSR count). The van der Waals surface area contributed by atoms with Crippen molar-refractivity contribution in [2.45, 2.75) is 26.3 Å². The van der Waals surface area contributed by atoms with Gasteiger partial charge < -0.3 is 10.3 Å². The highest BCUT2D eigenvalue weighted by molar-refractivity contribution is 6.01. The van der Waals surface area contributed by atoms with Gasteiger partial charge in [-0.25, -0.2) is 0 Å². The number of benzene rings is 1. The van der Waals surface area contributed by atoms with Gasteiger partial charge in [0, 0.05) is 19.2 Å². The van der Waals surface area contributed by atoms with E-state index in [1.165, 1.54) is 18.2 Å². The third kappa shape index (κ3) is 3.00. The molecule has 19 heavy (non-hydrogen) atoms. The number of hydrazine groups is 1. The number of hydrogen-bond acceptors (Lipinski definition) is 5. The molecule has 1 aromatic carbocycles. The zero-order chi connectivity index (χ0) is 14.6. The van der Waals surface area contributed by atoms with Gasteiger partial charge in [-0.3, -0.25) is 20.8 Å². The molecule has 104 valence electrons. The van der Waals surface area contributed by atoms with E-state index in [2.05, 4.69) is 5.43 Å². The molecule has 0 aliphatic rings. The number of carbonyl (C=O) groups is 1. The highest BCUT2D eigenvalue weighted by Crippen LogP contribution is 2.28. The molecule has 1 amide bonds. The molecule has 0 spiro atoms. The molecule has 0 radical (unpaired) electrons. The number of amides is 1. The van der Waals surface area contributed by atoms with E-state index >= 15 is 0 Å². The van der Waals surface area contributed by atoms with Gasteiger partial charge in [-0.05, 0) is 19.4 Å². The van der Waals surface area contributed by atoms with Crippen LogP contribution in [0, 0.1) is 10.1 Å². The van der Waals surface area contributed by atoms with E-state index in [4.69, 9.17) is 5.84 Å². The molecule has 0 aliphatic heterocycles. The lowest BCUT2D eigenvalue weighted by Gasteiger charge is -2.24. The van der Waals surface area contributed by atoms with Crippen LogP contribution >= 0.6 is 0 Å². The standard InChI is InChI=1S/C12H18N4O3/c1-4-8(2)15(3)12(17)9-6-5-7-10(16(18)19)11(9)14-13/h5-8,14H,4,13H2,1-3H3. The van der Waals surface area contributed by atoms with Crippen LogP contribution in [-0.4, -0.2) is 28.8 Å². The summed E-state index contributed by atoms with van der Waals surface area (Å²) >= 11 is 0. The number of anilines is 1. The van der Waals surface area contributed by atoms with Crippen LogP contribution in [0.4, 0.5) is 11.4 Å². The summed E-state index contributed by atoms with van der Waals surface area (Å²) in [5.74, 6) is 5.01. The highest BCUT2D eigenvalue weighted by Gasteiger charge is 2.24. The first kappa shape index (κ1) is 14.9. The van der Waals surface area contributed by atoms with Gasteiger partial charge in [-0.15, -0.1) is 0 Å². The number of nitro groups is 1. The first-order chi connectivity index (χ1) is 8.93. The Morgan fingerprint density at radius 3 is 2.68 bits per heavy atom. The average Bonchev–Trinajstić information content (AvgIpc) is 2.43. The second-order valence-electron chi connectivity index (χ2n) is 4.27. The fourth-order valence-corrected chi connectivity index (χ4v) is 1.69. The number of nitrogens with one attached hydrogen (secondary N) is 1. The smallest absolute Gasteiger partial charge is 0.294 e. The maximum absolute atomic E-state index is 12.3. The molecule has 0 saturated carbocycles. The minimum atomic E-state index is -0.574. The minimum Gasteiger partial charge on any atom is -0.339 e. The molecule has 0 fully saturated rings. The van der Waals surface area contributed by atoms with Gasteiger partial charge in [-0.2, -0.15) is 0 Å². The van der Waals surface area contributed by atoms with Gasteiger partial charge in [0.1, 0.15) is 5.69 Å². The van der Waals surface area contributed by atoms with Crippen LogP contribution in [0.5, 0.6) is 0 Å². The SMILES string of the molecule is CCC(C)N(C)C(=O)c1cccc([N+](=O)[O-])c1NN. The number of para-hydroxylation sites is 1. The van der Waals surface area contributed by atoms with E-state index in [9.17, 15) is 14.9 Å². The average molecular weight is 266 g/mol. The largest absolute Gasteiger partial charge is 0.339 e. The normalized spacial score (nSPS) is 11.8. The zero-order valence-electron chi connectivity index (χ0n) is 11.2. The second kappa shape index (κ2) is 6.14. The number of carbonyl (C=O) groups excluding carboxylic acids is 1. The maximum atomic E-state index is 12.3. The molecule has 1 unspecified atom stereocenters. The number of nitrogens with two attached hydrogens (primary N) is 1.